The summed E-state index contributed by atoms with van der Waals surface area (Å²) in [6, 6.07) is 0. The van der Waals surface area contributed by atoms with Crippen molar-refractivity contribution in [1.82, 2.24) is 24.6 Å². The van der Waals surface area contributed by atoms with Gasteiger partial charge in [-0.1, -0.05) is 13.8 Å². The smallest absolute Gasteiger partial charge is 0.106 e. The second-order valence-electron chi connectivity index (χ2n) is 5.43. The Morgan fingerprint density at radius 1 is 1.32 bits per heavy atom. The van der Waals surface area contributed by atoms with Gasteiger partial charge in [0.1, 0.15) is 5.82 Å². The van der Waals surface area contributed by atoms with E-state index in [2.05, 4.69) is 33.8 Å². The largest absolute Gasteiger partial charge is 0.326 e. The average Bonchev–Trinajstić information content (AvgIpc) is 2.89. The summed E-state index contributed by atoms with van der Waals surface area (Å²) >= 11 is 0. The fraction of sp³-hybridized carbons (Fsp3) is 0.571. The summed E-state index contributed by atoms with van der Waals surface area (Å²) in [6.45, 7) is 9.19. The van der Waals surface area contributed by atoms with Crippen LogP contribution >= 0.6 is 0 Å². The Morgan fingerprint density at radius 3 is 2.74 bits per heavy atom. The normalized spacial score (nSPS) is 11.4. The first kappa shape index (κ1) is 13.8. The first-order valence-electron chi connectivity index (χ1n) is 6.75. The molecule has 0 aliphatic heterocycles. The van der Waals surface area contributed by atoms with Crippen LogP contribution in [0, 0.1) is 12.8 Å². The molecule has 0 saturated carbocycles. The van der Waals surface area contributed by atoms with Crippen molar-refractivity contribution in [3.63, 3.8) is 0 Å². The molecule has 104 valence electrons. The van der Waals surface area contributed by atoms with E-state index < -0.39 is 0 Å². The highest BCUT2D eigenvalue weighted by Crippen LogP contribution is 2.09. The van der Waals surface area contributed by atoms with E-state index in [9.17, 15) is 0 Å². The molecule has 0 aromatic carbocycles. The van der Waals surface area contributed by atoms with Crippen molar-refractivity contribution >= 4 is 0 Å². The van der Waals surface area contributed by atoms with Crippen LogP contribution in [-0.4, -0.2) is 25.9 Å². The van der Waals surface area contributed by atoms with Crippen LogP contribution in [0.3, 0.4) is 0 Å². The number of imidazole rings is 1. The molecule has 2 rings (SSSR count). The molecule has 0 aliphatic rings. The van der Waals surface area contributed by atoms with Gasteiger partial charge in [-0.25, -0.2) is 4.98 Å². The van der Waals surface area contributed by atoms with Gasteiger partial charge in [-0.3, -0.25) is 4.68 Å². The molecule has 5 nitrogen and oxygen atoms in total. The third-order valence-electron chi connectivity index (χ3n) is 3.10. The first-order valence-corrected chi connectivity index (χ1v) is 6.75. The lowest BCUT2D eigenvalue weighted by Gasteiger charge is -2.11. The highest BCUT2D eigenvalue weighted by molar-refractivity contribution is 5.11. The number of nitrogens with one attached hydrogen (secondary N) is 1. The van der Waals surface area contributed by atoms with Gasteiger partial charge in [0.25, 0.3) is 0 Å². The average molecular weight is 261 g/mol. The Bertz CT molecular complexity index is 524. The van der Waals surface area contributed by atoms with Crippen LogP contribution in [0.15, 0.2) is 18.6 Å². The maximum absolute atomic E-state index is 4.41. The van der Waals surface area contributed by atoms with Crippen molar-refractivity contribution in [2.75, 3.05) is 6.54 Å². The third kappa shape index (κ3) is 3.67. The number of rotatable bonds is 6. The van der Waals surface area contributed by atoms with Gasteiger partial charge < -0.3 is 9.88 Å². The van der Waals surface area contributed by atoms with E-state index in [0.717, 1.165) is 25.5 Å². The van der Waals surface area contributed by atoms with Gasteiger partial charge >= 0.3 is 0 Å². The molecule has 0 atom stereocenters. The Kier molecular flexibility index (Phi) is 4.37. The minimum atomic E-state index is 0.663. The molecule has 2 aromatic rings. The molecule has 0 spiro atoms. The van der Waals surface area contributed by atoms with Gasteiger partial charge in [-0.05, 0) is 19.4 Å². The first-order chi connectivity index (χ1) is 9.06. The number of hydrogen-bond donors (Lipinski definition) is 1. The van der Waals surface area contributed by atoms with E-state index in [1.165, 1.54) is 11.3 Å². The predicted molar refractivity (Wildman–Crippen MR) is 75.8 cm³/mol. The van der Waals surface area contributed by atoms with Crippen LogP contribution in [0.1, 0.15) is 30.9 Å². The summed E-state index contributed by atoms with van der Waals surface area (Å²) in [5.41, 5.74) is 2.43. The molecule has 0 radical (unpaired) electrons. The second-order valence-corrected chi connectivity index (χ2v) is 5.43. The summed E-state index contributed by atoms with van der Waals surface area (Å²) in [4.78, 5) is 4.41. The molecule has 0 fully saturated rings. The van der Waals surface area contributed by atoms with Gasteiger partial charge in [0.15, 0.2) is 0 Å². The van der Waals surface area contributed by atoms with Gasteiger partial charge in [0.05, 0.1) is 18.4 Å². The highest BCUT2D eigenvalue weighted by atomic mass is 15.2. The lowest BCUT2D eigenvalue weighted by Crippen LogP contribution is -2.21. The Hall–Kier alpha value is -1.62. The summed E-state index contributed by atoms with van der Waals surface area (Å²) in [5.74, 6) is 1.71. The lowest BCUT2D eigenvalue weighted by molar-refractivity contribution is 0.537. The van der Waals surface area contributed by atoms with Gasteiger partial charge in [-0.2, -0.15) is 5.10 Å². The summed E-state index contributed by atoms with van der Waals surface area (Å²) in [5, 5.41) is 7.67. The molecule has 2 heterocycles. The molecule has 0 saturated heterocycles. The molecule has 5 heteroatoms. The van der Waals surface area contributed by atoms with E-state index in [4.69, 9.17) is 0 Å². The molecule has 2 aromatic heterocycles. The van der Waals surface area contributed by atoms with E-state index in [1.807, 2.05) is 37.2 Å². The van der Waals surface area contributed by atoms with Crippen molar-refractivity contribution in [2.45, 2.75) is 33.9 Å². The zero-order chi connectivity index (χ0) is 13.8. The molecule has 1 N–H and O–H groups in total. The minimum absolute atomic E-state index is 0.663. The third-order valence-corrected chi connectivity index (χ3v) is 3.10. The van der Waals surface area contributed by atoms with Crippen LogP contribution in [0.2, 0.25) is 0 Å². The maximum Gasteiger partial charge on any atom is 0.106 e. The Balaban J connectivity index is 2.05. The van der Waals surface area contributed by atoms with Gasteiger partial charge in [0.2, 0.25) is 0 Å². The maximum atomic E-state index is 4.41. The second kappa shape index (κ2) is 6.02. The molecular formula is C14H23N5. The van der Waals surface area contributed by atoms with E-state index >= 15 is 0 Å². The highest BCUT2D eigenvalue weighted by Gasteiger charge is 2.08. The summed E-state index contributed by atoms with van der Waals surface area (Å²) in [6.07, 6.45) is 5.91. The zero-order valence-corrected chi connectivity index (χ0v) is 12.2. The molecule has 19 heavy (non-hydrogen) atoms. The van der Waals surface area contributed by atoms with E-state index in [0.29, 0.717) is 5.92 Å². The number of hydrogen-bond acceptors (Lipinski definition) is 3. The predicted octanol–water partition coefficient (Wildman–Crippen LogP) is 1.72. The monoisotopic (exact) mass is 261 g/mol. The SMILES string of the molecule is Cc1ncc(CNCC(C)C)n1Cc1cnn(C)c1. The van der Waals surface area contributed by atoms with E-state index in [1.54, 1.807) is 0 Å². The topological polar surface area (TPSA) is 47.7 Å². The number of nitrogens with zero attached hydrogens (tertiary/aromatic N) is 4. The Morgan fingerprint density at radius 2 is 2.11 bits per heavy atom. The number of aryl methyl sites for hydroxylation is 2. The summed E-state index contributed by atoms with van der Waals surface area (Å²) in [7, 11) is 1.94. The Labute approximate surface area is 114 Å². The van der Waals surface area contributed by atoms with Crippen LogP contribution < -0.4 is 5.32 Å². The standard InChI is InChI=1S/C14H23N5/c1-11(2)5-15-7-14-8-16-12(3)19(14)10-13-6-17-18(4)9-13/h6,8-9,11,15H,5,7,10H2,1-4H3. The van der Waals surface area contributed by atoms with Crippen molar-refractivity contribution < 1.29 is 0 Å². The lowest BCUT2D eigenvalue weighted by atomic mass is 10.2. The molecule has 0 amide bonds. The fourth-order valence-electron chi connectivity index (χ4n) is 2.10. The van der Waals surface area contributed by atoms with Crippen molar-refractivity contribution in [3.05, 3.63) is 35.7 Å². The van der Waals surface area contributed by atoms with Crippen LogP contribution in [-0.2, 0) is 20.1 Å². The van der Waals surface area contributed by atoms with Crippen molar-refractivity contribution in [1.29, 1.82) is 0 Å². The summed E-state index contributed by atoms with van der Waals surface area (Å²) < 4.78 is 4.07. The van der Waals surface area contributed by atoms with Gasteiger partial charge in [-0.15, -0.1) is 0 Å². The minimum Gasteiger partial charge on any atom is -0.326 e. The van der Waals surface area contributed by atoms with E-state index in [-0.39, 0.29) is 0 Å². The fourth-order valence-corrected chi connectivity index (χ4v) is 2.10. The van der Waals surface area contributed by atoms with Crippen molar-refractivity contribution in [2.24, 2.45) is 13.0 Å². The molecule has 0 unspecified atom stereocenters. The zero-order valence-electron chi connectivity index (χ0n) is 12.2. The van der Waals surface area contributed by atoms with Gasteiger partial charge in [0, 0.05) is 31.5 Å². The quantitative estimate of drug-likeness (QED) is 0.861. The van der Waals surface area contributed by atoms with Crippen LogP contribution in [0.4, 0.5) is 0 Å². The number of aromatic nitrogens is 4. The van der Waals surface area contributed by atoms with Crippen LogP contribution in [0.5, 0.6) is 0 Å². The molecular weight excluding hydrogens is 238 g/mol. The molecule has 0 aliphatic carbocycles. The van der Waals surface area contributed by atoms with Crippen molar-refractivity contribution in [3.8, 4) is 0 Å². The molecule has 0 bridgehead atoms. The van der Waals surface area contributed by atoms with Crippen LogP contribution in [0.25, 0.3) is 0 Å².